The number of nitrogens with zero attached hydrogens (tertiary/aromatic N) is 2. The van der Waals surface area contributed by atoms with Crippen LogP contribution in [0.1, 0.15) is 43.8 Å². The Morgan fingerprint density at radius 1 is 1.53 bits per heavy atom. The van der Waals surface area contributed by atoms with Crippen molar-refractivity contribution in [1.29, 1.82) is 0 Å². The summed E-state index contributed by atoms with van der Waals surface area (Å²) in [7, 11) is 0. The average Bonchev–Trinajstić information content (AvgIpc) is 2.95. The lowest BCUT2D eigenvalue weighted by Crippen LogP contribution is -2.41. The molecule has 1 N–H and O–H groups in total. The maximum absolute atomic E-state index is 11.5. The van der Waals surface area contributed by atoms with Crippen LogP contribution < -0.4 is 0 Å². The SMILES string of the molecule is Cc1cnc(CN2C(C(=O)O)CC3CCCCC32)o1. The lowest BCUT2D eigenvalue weighted by molar-refractivity contribution is -0.143. The number of rotatable bonds is 3. The minimum atomic E-state index is -0.710. The van der Waals surface area contributed by atoms with Gasteiger partial charge in [0.05, 0.1) is 12.7 Å². The summed E-state index contributed by atoms with van der Waals surface area (Å²) in [4.78, 5) is 17.8. The highest BCUT2D eigenvalue weighted by atomic mass is 16.4. The summed E-state index contributed by atoms with van der Waals surface area (Å²) >= 11 is 0. The molecule has 1 aliphatic heterocycles. The van der Waals surface area contributed by atoms with Gasteiger partial charge in [-0.1, -0.05) is 12.8 Å². The zero-order valence-electron chi connectivity index (χ0n) is 11.2. The second-order valence-corrected chi connectivity index (χ2v) is 5.74. The Bertz CT molecular complexity index is 471. The van der Waals surface area contributed by atoms with Gasteiger partial charge in [-0.25, -0.2) is 4.98 Å². The van der Waals surface area contributed by atoms with Crippen LogP contribution >= 0.6 is 0 Å². The highest BCUT2D eigenvalue weighted by Crippen LogP contribution is 2.40. The fourth-order valence-electron chi connectivity index (χ4n) is 3.65. The fourth-order valence-corrected chi connectivity index (χ4v) is 3.65. The van der Waals surface area contributed by atoms with E-state index in [9.17, 15) is 9.90 Å². The van der Waals surface area contributed by atoms with E-state index in [0.29, 0.717) is 24.4 Å². The Morgan fingerprint density at radius 2 is 2.32 bits per heavy atom. The molecule has 0 aromatic carbocycles. The van der Waals surface area contributed by atoms with Gasteiger partial charge in [0.15, 0.2) is 0 Å². The Labute approximate surface area is 112 Å². The van der Waals surface area contributed by atoms with E-state index >= 15 is 0 Å². The van der Waals surface area contributed by atoms with Crippen molar-refractivity contribution < 1.29 is 14.3 Å². The van der Waals surface area contributed by atoms with Gasteiger partial charge in [0.1, 0.15) is 11.8 Å². The summed E-state index contributed by atoms with van der Waals surface area (Å²) in [5.74, 6) is 1.24. The fraction of sp³-hybridized carbons (Fsp3) is 0.714. The normalized spacial score (nSPS) is 31.3. The van der Waals surface area contributed by atoms with Crippen LogP contribution in [-0.2, 0) is 11.3 Å². The maximum Gasteiger partial charge on any atom is 0.320 e. The molecule has 1 aliphatic carbocycles. The molecule has 0 radical (unpaired) electrons. The number of fused-ring (bicyclic) bond motifs is 1. The lowest BCUT2D eigenvalue weighted by Gasteiger charge is -2.32. The van der Waals surface area contributed by atoms with Crippen molar-refractivity contribution in [3.05, 3.63) is 17.8 Å². The third-order valence-corrected chi connectivity index (χ3v) is 4.49. The molecule has 0 spiro atoms. The van der Waals surface area contributed by atoms with Gasteiger partial charge in [0.2, 0.25) is 5.89 Å². The number of aromatic nitrogens is 1. The van der Waals surface area contributed by atoms with Crippen molar-refractivity contribution in [2.24, 2.45) is 5.92 Å². The van der Waals surface area contributed by atoms with E-state index in [1.807, 2.05) is 6.92 Å². The quantitative estimate of drug-likeness (QED) is 0.906. The number of hydrogen-bond donors (Lipinski definition) is 1. The minimum absolute atomic E-state index is 0.375. The summed E-state index contributed by atoms with van der Waals surface area (Å²) in [6.07, 6.45) is 7.18. The summed E-state index contributed by atoms with van der Waals surface area (Å²) in [6, 6.07) is 0.0161. The molecule has 1 aromatic rings. The van der Waals surface area contributed by atoms with Crippen molar-refractivity contribution in [3.8, 4) is 0 Å². The molecule has 5 nitrogen and oxygen atoms in total. The number of carboxylic acids is 1. The van der Waals surface area contributed by atoms with Gasteiger partial charge in [-0.15, -0.1) is 0 Å². The van der Waals surface area contributed by atoms with Crippen LogP contribution in [0.25, 0.3) is 0 Å². The van der Waals surface area contributed by atoms with Gasteiger partial charge < -0.3 is 9.52 Å². The van der Waals surface area contributed by atoms with E-state index in [4.69, 9.17) is 4.42 Å². The van der Waals surface area contributed by atoms with Crippen LogP contribution in [0.4, 0.5) is 0 Å². The molecule has 1 saturated heterocycles. The predicted molar refractivity (Wildman–Crippen MR) is 68.6 cm³/mol. The number of oxazole rings is 1. The molecule has 19 heavy (non-hydrogen) atoms. The molecule has 2 fully saturated rings. The van der Waals surface area contributed by atoms with E-state index in [0.717, 1.165) is 25.0 Å². The molecule has 1 saturated carbocycles. The topological polar surface area (TPSA) is 66.6 Å². The first-order valence-electron chi connectivity index (χ1n) is 7.05. The van der Waals surface area contributed by atoms with Crippen molar-refractivity contribution >= 4 is 5.97 Å². The van der Waals surface area contributed by atoms with Gasteiger partial charge in [0, 0.05) is 6.04 Å². The third kappa shape index (κ3) is 2.39. The van der Waals surface area contributed by atoms with Crippen LogP contribution in [0.15, 0.2) is 10.6 Å². The summed E-state index contributed by atoms with van der Waals surface area (Å²) in [5, 5.41) is 9.42. The number of carbonyl (C=O) groups is 1. The molecule has 2 aliphatic rings. The molecule has 104 valence electrons. The average molecular weight is 264 g/mol. The number of hydrogen-bond acceptors (Lipinski definition) is 4. The van der Waals surface area contributed by atoms with Crippen molar-refractivity contribution in [1.82, 2.24) is 9.88 Å². The smallest absolute Gasteiger partial charge is 0.320 e. The monoisotopic (exact) mass is 264 g/mol. The van der Waals surface area contributed by atoms with Crippen LogP contribution in [0.2, 0.25) is 0 Å². The van der Waals surface area contributed by atoms with E-state index < -0.39 is 5.97 Å². The molecule has 1 aromatic heterocycles. The number of aryl methyl sites for hydroxylation is 1. The summed E-state index contributed by atoms with van der Waals surface area (Å²) in [5.41, 5.74) is 0. The first kappa shape index (κ1) is 12.7. The standard InChI is InChI=1S/C14H20N2O3/c1-9-7-15-13(19-9)8-16-11-5-3-2-4-10(11)6-12(16)14(17)18/h7,10-12H,2-6,8H2,1H3,(H,17,18). The molecular formula is C14H20N2O3. The Morgan fingerprint density at radius 3 is 3.00 bits per heavy atom. The van der Waals surface area contributed by atoms with Crippen LogP contribution in [0.5, 0.6) is 0 Å². The van der Waals surface area contributed by atoms with Crippen LogP contribution in [0.3, 0.4) is 0 Å². The molecule has 0 bridgehead atoms. The van der Waals surface area contributed by atoms with E-state index in [2.05, 4.69) is 9.88 Å². The Hall–Kier alpha value is -1.36. The molecule has 3 atom stereocenters. The Kier molecular flexibility index (Phi) is 3.31. The first-order chi connectivity index (χ1) is 9.15. The third-order valence-electron chi connectivity index (χ3n) is 4.49. The summed E-state index contributed by atoms with van der Waals surface area (Å²) < 4.78 is 5.51. The number of carboxylic acid groups (broad SMARTS) is 1. The van der Waals surface area contributed by atoms with E-state index in [-0.39, 0.29) is 6.04 Å². The highest BCUT2D eigenvalue weighted by Gasteiger charge is 2.45. The minimum Gasteiger partial charge on any atom is -0.480 e. The van der Waals surface area contributed by atoms with Crippen molar-refractivity contribution in [3.63, 3.8) is 0 Å². The second kappa shape index (κ2) is 4.96. The largest absolute Gasteiger partial charge is 0.480 e. The Balaban J connectivity index is 1.80. The van der Waals surface area contributed by atoms with Crippen molar-refractivity contribution in [2.45, 2.75) is 57.7 Å². The second-order valence-electron chi connectivity index (χ2n) is 5.74. The number of likely N-dealkylation sites (tertiary alicyclic amines) is 1. The van der Waals surface area contributed by atoms with Gasteiger partial charge in [-0.2, -0.15) is 0 Å². The molecule has 3 unspecified atom stereocenters. The van der Waals surface area contributed by atoms with E-state index in [1.54, 1.807) is 6.20 Å². The maximum atomic E-state index is 11.5. The molecule has 3 rings (SSSR count). The first-order valence-corrected chi connectivity index (χ1v) is 7.05. The molecule has 5 heteroatoms. The van der Waals surface area contributed by atoms with Gasteiger partial charge >= 0.3 is 5.97 Å². The van der Waals surface area contributed by atoms with Crippen LogP contribution in [-0.4, -0.2) is 33.0 Å². The molecule has 2 heterocycles. The lowest BCUT2D eigenvalue weighted by atomic mass is 9.85. The predicted octanol–water partition coefficient (Wildman–Crippen LogP) is 2.20. The highest BCUT2D eigenvalue weighted by molar-refractivity contribution is 5.74. The van der Waals surface area contributed by atoms with E-state index in [1.165, 1.54) is 12.8 Å². The van der Waals surface area contributed by atoms with Crippen molar-refractivity contribution in [2.75, 3.05) is 0 Å². The van der Waals surface area contributed by atoms with Gasteiger partial charge in [0.25, 0.3) is 0 Å². The van der Waals surface area contributed by atoms with Gasteiger partial charge in [-0.05, 0) is 32.1 Å². The molecular weight excluding hydrogens is 244 g/mol. The van der Waals surface area contributed by atoms with Crippen LogP contribution in [0, 0.1) is 12.8 Å². The molecule has 0 amide bonds. The zero-order chi connectivity index (χ0) is 13.4. The number of aliphatic carboxylic acids is 1. The van der Waals surface area contributed by atoms with Gasteiger partial charge in [-0.3, -0.25) is 9.69 Å². The summed E-state index contributed by atoms with van der Waals surface area (Å²) in [6.45, 7) is 2.38. The zero-order valence-corrected chi connectivity index (χ0v) is 11.2.